The fraction of sp³-hybridized carbons (Fsp3) is 0.211. The minimum atomic E-state index is -0.691. The lowest BCUT2D eigenvalue weighted by molar-refractivity contribution is -0.116. The summed E-state index contributed by atoms with van der Waals surface area (Å²) in [4.78, 5) is 40.8. The van der Waals surface area contributed by atoms with Crippen LogP contribution in [0.25, 0.3) is 11.0 Å². The number of halogens is 1. The topological polar surface area (TPSA) is 93.2 Å². The lowest BCUT2D eigenvalue weighted by Crippen LogP contribution is -2.41. The smallest absolute Gasteiger partial charge is 0.317 e. The lowest BCUT2D eigenvalue weighted by Gasteiger charge is -2.26. The third-order valence-electron chi connectivity index (χ3n) is 4.53. The van der Waals surface area contributed by atoms with Gasteiger partial charge in [0.15, 0.2) is 0 Å². The molecule has 0 saturated carbocycles. The summed E-state index contributed by atoms with van der Waals surface area (Å²) in [5.74, 6) is 0.997. The zero-order valence-corrected chi connectivity index (χ0v) is 17.2. The van der Waals surface area contributed by atoms with Crippen molar-refractivity contribution in [2.45, 2.75) is 17.4 Å². The van der Waals surface area contributed by atoms with Crippen molar-refractivity contribution in [3.63, 3.8) is 0 Å². The van der Waals surface area contributed by atoms with Crippen LogP contribution in [0.1, 0.15) is 12.5 Å². The Morgan fingerprint density at radius 3 is 2.79 bits per heavy atom. The van der Waals surface area contributed by atoms with Crippen LogP contribution in [0.2, 0.25) is 0 Å². The van der Waals surface area contributed by atoms with E-state index in [0.717, 1.165) is 9.37 Å². The van der Waals surface area contributed by atoms with Gasteiger partial charge >= 0.3 is 11.1 Å². The van der Waals surface area contributed by atoms with Crippen LogP contribution in [0.5, 0.6) is 5.75 Å². The van der Waals surface area contributed by atoms with Crippen molar-refractivity contribution in [2.24, 2.45) is 0 Å². The van der Waals surface area contributed by atoms with Crippen LogP contribution in [0.4, 0.5) is 5.69 Å². The molecule has 0 saturated heterocycles. The number of carbonyl (C=O) groups excluding carboxylic acids is 1. The number of thioether (sulfide) groups is 1. The first-order valence-corrected chi connectivity index (χ1v) is 10.3. The molecule has 9 heteroatoms. The fourth-order valence-corrected chi connectivity index (χ4v) is 5.08. The summed E-state index contributed by atoms with van der Waals surface area (Å²) in [6.45, 7) is 0. The number of ether oxygens (including phenoxy) is 1. The summed E-state index contributed by atoms with van der Waals surface area (Å²) in [6.07, 6.45) is 0.0903. The first-order chi connectivity index (χ1) is 13.5. The second-order valence-corrected chi connectivity index (χ2v) is 8.35. The molecule has 28 heavy (non-hydrogen) atoms. The average Bonchev–Trinajstić information content (AvgIpc) is 2.67. The van der Waals surface area contributed by atoms with E-state index in [2.05, 4.69) is 26.2 Å². The van der Waals surface area contributed by atoms with Crippen LogP contribution < -0.4 is 21.2 Å². The van der Waals surface area contributed by atoms with Crippen molar-refractivity contribution in [1.29, 1.82) is 0 Å². The molecule has 2 aromatic carbocycles. The van der Waals surface area contributed by atoms with Gasteiger partial charge < -0.3 is 15.0 Å². The largest absolute Gasteiger partial charge is 0.497 e. The van der Waals surface area contributed by atoms with Crippen LogP contribution in [-0.2, 0) is 4.79 Å². The molecule has 0 radical (unpaired) electrons. The van der Waals surface area contributed by atoms with E-state index in [-0.39, 0.29) is 12.3 Å². The van der Waals surface area contributed by atoms with Crippen LogP contribution in [0, 0.1) is 0 Å². The first-order valence-electron chi connectivity index (χ1n) is 8.51. The third-order valence-corrected chi connectivity index (χ3v) is 6.16. The molecule has 2 N–H and O–H groups in total. The molecule has 3 aromatic rings. The Kier molecular flexibility index (Phi) is 5.03. The quantitative estimate of drug-likeness (QED) is 0.582. The molecule has 0 fully saturated rings. The number of rotatable bonds is 4. The second kappa shape index (κ2) is 7.48. The highest BCUT2D eigenvalue weighted by Gasteiger charge is 2.27. The van der Waals surface area contributed by atoms with E-state index in [1.807, 2.05) is 6.07 Å². The lowest BCUT2D eigenvalue weighted by atomic mass is 10.1. The van der Waals surface area contributed by atoms with Gasteiger partial charge in [-0.05, 0) is 36.4 Å². The number of anilines is 1. The molecular formula is C19H16BrN3O4S. The van der Waals surface area contributed by atoms with Gasteiger partial charge in [0.05, 0.1) is 24.2 Å². The Labute approximate surface area is 172 Å². The summed E-state index contributed by atoms with van der Waals surface area (Å²) in [5, 5.41) is 2.83. The van der Waals surface area contributed by atoms with Crippen molar-refractivity contribution >= 4 is 50.3 Å². The molecule has 1 amide bonds. The Bertz CT molecular complexity index is 1190. The van der Waals surface area contributed by atoms with E-state index in [0.29, 0.717) is 28.2 Å². The average molecular weight is 462 g/mol. The predicted molar refractivity (Wildman–Crippen MR) is 113 cm³/mol. The number of nitrogens with zero attached hydrogens (tertiary/aromatic N) is 1. The SMILES string of the molecule is COc1ccc(NC(=O)CC2CSc3cc(Br)cc4[nH]c(=O)c(=O)n2c34)cc1. The number of benzene rings is 2. The van der Waals surface area contributed by atoms with Gasteiger partial charge in [-0.2, -0.15) is 0 Å². The van der Waals surface area contributed by atoms with Crippen molar-refractivity contribution in [3.8, 4) is 5.75 Å². The van der Waals surface area contributed by atoms with Gasteiger partial charge in [-0.1, -0.05) is 15.9 Å². The van der Waals surface area contributed by atoms with E-state index in [1.165, 1.54) is 4.57 Å². The number of H-pyrrole nitrogens is 1. The molecule has 1 aliphatic heterocycles. The van der Waals surface area contributed by atoms with Crippen molar-refractivity contribution < 1.29 is 9.53 Å². The molecule has 1 aliphatic rings. The van der Waals surface area contributed by atoms with Crippen LogP contribution in [0.3, 0.4) is 0 Å². The van der Waals surface area contributed by atoms with E-state index >= 15 is 0 Å². The molecule has 0 spiro atoms. The highest BCUT2D eigenvalue weighted by atomic mass is 79.9. The number of hydrogen-bond acceptors (Lipinski definition) is 5. The maximum Gasteiger partial charge on any atom is 0.317 e. The van der Waals surface area contributed by atoms with Gasteiger partial charge in [0.1, 0.15) is 5.75 Å². The standard InChI is InChI=1S/C19H16BrN3O4S/c1-27-13-4-2-11(3-5-13)21-16(24)8-12-9-28-15-7-10(20)6-14-17(15)23(12)19(26)18(25)22-14/h2-7,12H,8-9H2,1H3,(H,21,24)(H,22,25). The first kappa shape index (κ1) is 18.8. The van der Waals surface area contributed by atoms with E-state index < -0.39 is 17.2 Å². The van der Waals surface area contributed by atoms with Gasteiger partial charge in [-0.25, -0.2) is 0 Å². The van der Waals surface area contributed by atoms with Gasteiger partial charge in [-0.15, -0.1) is 11.8 Å². The van der Waals surface area contributed by atoms with Crippen molar-refractivity contribution in [3.05, 3.63) is 61.6 Å². The number of aromatic amines is 1. The Morgan fingerprint density at radius 2 is 2.07 bits per heavy atom. The molecule has 144 valence electrons. The maximum atomic E-state index is 12.6. The molecule has 0 aliphatic carbocycles. The molecule has 4 rings (SSSR count). The molecule has 7 nitrogen and oxygen atoms in total. The highest BCUT2D eigenvalue weighted by molar-refractivity contribution is 9.10. The number of amides is 1. The zero-order chi connectivity index (χ0) is 19.8. The van der Waals surface area contributed by atoms with Crippen LogP contribution >= 0.6 is 27.7 Å². The molecule has 1 aromatic heterocycles. The molecular weight excluding hydrogens is 446 g/mol. The summed E-state index contributed by atoms with van der Waals surface area (Å²) in [5.41, 5.74) is 0.540. The number of hydrogen-bond donors (Lipinski definition) is 2. The van der Waals surface area contributed by atoms with Gasteiger partial charge in [0.2, 0.25) is 5.91 Å². The normalized spacial score (nSPS) is 15.4. The summed E-state index contributed by atoms with van der Waals surface area (Å²) in [6, 6.07) is 10.3. The van der Waals surface area contributed by atoms with E-state index in [4.69, 9.17) is 4.74 Å². The Hall–Kier alpha value is -2.52. The Morgan fingerprint density at radius 1 is 1.32 bits per heavy atom. The van der Waals surface area contributed by atoms with Crippen LogP contribution in [0.15, 0.2) is 55.4 Å². The monoisotopic (exact) mass is 461 g/mol. The fourth-order valence-electron chi connectivity index (χ4n) is 3.27. The summed E-state index contributed by atoms with van der Waals surface area (Å²) >= 11 is 4.99. The number of methoxy groups -OCH3 is 1. The predicted octanol–water partition coefficient (Wildman–Crippen LogP) is 3.14. The molecule has 0 bridgehead atoms. The third kappa shape index (κ3) is 3.47. The highest BCUT2D eigenvalue weighted by Crippen LogP contribution is 2.37. The number of nitrogens with one attached hydrogen (secondary N) is 2. The maximum absolute atomic E-state index is 12.6. The van der Waals surface area contributed by atoms with Crippen molar-refractivity contribution in [1.82, 2.24) is 9.55 Å². The van der Waals surface area contributed by atoms with Crippen LogP contribution in [-0.4, -0.2) is 28.3 Å². The van der Waals surface area contributed by atoms with Gasteiger partial charge in [0, 0.05) is 27.2 Å². The number of carbonyl (C=O) groups is 1. The Balaban J connectivity index is 1.65. The van der Waals surface area contributed by atoms with E-state index in [9.17, 15) is 14.4 Å². The van der Waals surface area contributed by atoms with Gasteiger partial charge in [0.25, 0.3) is 0 Å². The number of aromatic nitrogens is 2. The zero-order valence-electron chi connectivity index (χ0n) is 14.8. The molecule has 1 atom stereocenters. The van der Waals surface area contributed by atoms with E-state index in [1.54, 1.807) is 49.2 Å². The summed E-state index contributed by atoms with van der Waals surface area (Å²) < 4.78 is 7.38. The second-order valence-electron chi connectivity index (χ2n) is 6.38. The molecule has 1 unspecified atom stereocenters. The minimum absolute atomic E-state index is 0.0903. The van der Waals surface area contributed by atoms with Crippen molar-refractivity contribution in [2.75, 3.05) is 18.2 Å². The summed E-state index contributed by atoms with van der Waals surface area (Å²) in [7, 11) is 1.57. The molecule has 2 heterocycles. The minimum Gasteiger partial charge on any atom is -0.497 e. The van der Waals surface area contributed by atoms with Gasteiger partial charge in [-0.3, -0.25) is 19.0 Å².